The van der Waals surface area contributed by atoms with Crippen LogP contribution in [0.2, 0.25) is 5.02 Å². The van der Waals surface area contributed by atoms with E-state index in [-0.39, 0.29) is 11.8 Å². The SMILES string of the molecule is O=C(C1CCOCC1)N1CCCC(COc2ncccc2Cl)C1. The van der Waals surface area contributed by atoms with E-state index in [1.807, 2.05) is 4.90 Å². The molecule has 1 atom stereocenters. The van der Waals surface area contributed by atoms with Crippen LogP contribution in [0.4, 0.5) is 0 Å². The molecule has 1 aromatic rings. The Morgan fingerprint density at radius 3 is 3.00 bits per heavy atom. The van der Waals surface area contributed by atoms with Gasteiger partial charge in [-0.05, 0) is 37.8 Å². The zero-order valence-corrected chi connectivity index (χ0v) is 14.0. The molecule has 3 rings (SSSR count). The van der Waals surface area contributed by atoms with Crippen molar-refractivity contribution in [2.75, 3.05) is 32.9 Å². The van der Waals surface area contributed by atoms with Crippen molar-refractivity contribution in [1.82, 2.24) is 9.88 Å². The highest BCUT2D eigenvalue weighted by Crippen LogP contribution is 2.25. The van der Waals surface area contributed by atoms with Gasteiger partial charge in [-0.1, -0.05) is 11.6 Å². The van der Waals surface area contributed by atoms with Crippen molar-refractivity contribution in [1.29, 1.82) is 0 Å². The van der Waals surface area contributed by atoms with Crippen LogP contribution in [0.3, 0.4) is 0 Å². The van der Waals surface area contributed by atoms with Crippen LogP contribution in [0.1, 0.15) is 25.7 Å². The Labute approximate surface area is 141 Å². The van der Waals surface area contributed by atoms with Gasteiger partial charge in [0.1, 0.15) is 5.02 Å². The highest BCUT2D eigenvalue weighted by molar-refractivity contribution is 6.31. The first-order chi connectivity index (χ1) is 11.2. The molecule has 3 heterocycles. The van der Waals surface area contributed by atoms with E-state index in [4.69, 9.17) is 21.1 Å². The minimum atomic E-state index is 0.133. The van der Waals surface area contributed by atoms with E-state index in [0.717, 1.165) is 38.8 Å². The fraction of sp³-hybridized carbons (Fsp3) is 0.647. The van der Waals surface area contributed by atoms with E-state index < -0.39 is 0 Å². The third kappa shape index (κ3) is 4.36. The summed E-state index contributed by atoms with van der Waals surface area (Å²) < 4.78 is 11.1. The summed E-state index contributed by atoms with van der Waals surface area (Å²) in [6.45, 7) is 3.58. The number of carbonyl (C=O) groups excluding carboxylic acids is 1. The summed E-state index contributed by atoms with van der Waals surface area (Å²) in [5.74, 6) is 1.23. The average Bonchev–Trinajstić information content (AvgIpc) is 2.61. The maximum absolute atomic E-state index is 12.6. The largest absolute Gasteiger partial charge is 0.476 e. The van der Waals surface area contributed by atoms with Gasteiger partial charge in [0.25, 0.3) is 0 Å². The fourth-order valence-corrected chi connectivity index (χ4v) is 3.45. The second-order valence-corrected chi connectivity index (χ2v) is 6.69. The summed E-state index contributed by atoms with van der Waals surface area (Å²) in [6, 6.07) is 3.55. The maximum Gasteiger partial charge on any atom is 0.232 e. The number of piperidine rings is 1. The first-order valence-corrected chi connectivity index (χ1v) is 8.71. The van der Waals surface area contributed by atoms with Crippen molar-refractivity contribution < 1.29 is 14.3 Å². The summed E-state index contributed by atoms with van der Waals surface area (Å²) in [5, 5.41) is 0.526. The molecule has 0 N–H and O–H groups in total. The zero-order valence-electron chi connectivity index (χ0n) is 13.2. The number of carbonyl (C=O) groups is 1. The number of rotatable bonds is 4. The molecular weight excluding hydrogens is 316 g/mol. The van der Waals surface area contributed by atoms with Crippen molar-refractivity contribution >= 4 is 17.5 Å². The van der Waals surface area contributed by atoms with E-state index in [2.05, 4.69) is 4.98 Å². The Balaban J connectivity index is 1.51. The number of hydrogen-bond acceptors (Lipinski definition) is 4. The summed E-state index contributed by atoms with van der Waals surface area (Å²) in [7, 11) is 0. The van der Waals surface area contributed by atoms with Gasteiger partial charge in [0.2, 0.25) is 11.8 Å². The highest BCUT2D eigenvalue weighted by Gasteiger charge is 2.30. The van der Waals surface area contributed by atoms with Crippen molar-refractivity contribution in [3.8, 4) is 5.88 Å². The molecule has 2 aliphatic rings. The van der Waals surface area contributed by atoms with Gasteiger partial charge in [-0.2, -0.15) is 0 Å². The van der Waals surface area contributed by atoms with Gasteiger partial charge in [0.15, 0.2) is 0 Å². The molecule has 23 heavy (non-hydrogen) atoms. The van der Waals surface area contributed by atoms with Crippen LogP contribution in [0.25, 0.3) is 0 Å². The summed E-state index contributed by atoms with van der Waals surface area (Å²) >= 11 is 6.06. The number of aromatic nitrogens is 1. The maximum atomic E-state index is 12.6. The molecule has 1 amide bonds. The van der Waals surface area contributed by atoms with E-state index >= 15 is 0 Å². The lowest BCUT2D eigenvalue weighted by Gasteiger charge is -2.35. The molecule has 2 saturated heterocycles. The number of amides is 1. The number of halogens is 1. The van der Waals surface area contributed by atoms with Gasteiger partial charge < -0.3 is 14.4 Å². The van der Waals surface area contributed by atoms with Crippen LogP contribution >= 0.6 is 11.6 Å². The van der Waals surface area contributed by atoms with Crippen LogP contribution < -0.4 is 4.74 Å². The lowest BCUT2D eigenvalue weighted by Crippen LogP contribution is -2.45. The number of hydrogen-bond donors (Lipinski definition) is 0. The summed E-state index contributed by atoms with van der Waals surface area (Å²) in [6.07, 6.45) is 5.46. The van der Waals surface area contributed by atoms with Gasteiger partial charge in [0, 0.05) is 44.3 Å². The smallest absolute Gasteiger partial charge is 0.232 e. The van der Waals surface area contributed by atoms with Crippen LogP contribution in [-0.2, 0) is 9.53 Å². The molecule has 0 bridgehead atoms. The first-order valence-electron chi connectivity index (χ1n) is 8.34. The zero-order chi connectivity index (χ0) is 16.1. The van der Waals surface area contributed by atoms with E-state index in [1.54, 1.807) is 18.3 Å². The predicted octanol–water partition coefficient (Wildman–Crippen LogP) is 2.78. The van der Waals surface area contributed by atoms with Crippen molar-refractivity contribution in [3.63, 3.8) is 0 Å². The van der Waals surface area contributed by atoms with Crippen molar-refractivity contribution in [3.05, 3.63) is 23.4 Å². The van der Waals surface area contributed by atoms with Gasteiger partial charge in [-0.15, -0.1) is 0 Å². The average molecular weight is 339 g/mol. The summed E-state index contributed by atoms with van der Waals surface area (Å²) in [4.78, 5) is 18.8. The topological polar surface area (TPSA) is 51.7 Å². The molecule has 1 aromatic heterocycles. The quantitative estimate of drug-likeness (QED) is 0.847. The van der Waals surface area contributed by atoms with Gasteiger partial charge >= 0.3 is 0 Å². The van der Waals surface area contributed by atoms with Crippen molar-refractivity contribution in [2.45, 2.75) is 25.7 Å². The normalized spacial score (nSPS) is 22.8. The molecule has 1 unspecified atom stereocenters. The molecule has 0 radical (unpaired) electrons. The van der Waals surface area contributed by atoms with Crippen LogP contribution in [0.5, 0.6) is 5.88 Å². The number of likely N-dealkylation sites (tertiary alicyclic amines) is 1. The lowest BCUT2D eigenvalue weighted by molar-refractivity contribution is -0.140. The Morgan fingerprint density at radius 1 is 1.39 bits per heavy atom. The van der Waals surface area contributed by atoms with E-state index in [9.17, 15) is 4.79 Å². The van der Waals surface area contributed by atoms with Crippen LogP contribution in [0, 0.1) is 11.8 Å². The van der Waals surface area contributed by atoms with Gasteiger partial charge in [-0.3, -0.25) is 4.79 Å². The monoisotopic (exact) mass is 338 g/mol. The Bertz CT molecular complexity index is 534. The molecule has 0 saturated carbocycles. The highest BCUT2D eigenvalue weighted by atomic mass is 35.5. The molecule has 0 aromatic carbocycles. The minimum absolute atomic E-state index is 0.133. The van der Waals surface area contributed by atoms with E-state index in [1.165, 1.54) is 0 Å². The molecule has 0 spiro atoms. The Kier molecular flexibility index (Phi) is 5.73. The molecule has 2 aliphatic heterocycles. The predicted molar refractivity (Wildman–Crippen MR) is 87.6 cm³/mol. The molecule has 0 aliphatic carbocycles. The lowest BCUT2D eigenvalue weighted by atomic mass is 9.94. The summed E-state index contributed by atoms with van der Waals surface area (Å²) in [5.41, 5.74) is 0. The third-order valence-corrected chi connectivity index (χ3v) is 4.87. The van der Waals surface area contributed by atoms with Gasteiger partial charge in [0.05, 0.1) is 6.61 Å². The van der Waals surface area contributed by atoms with Crippen molar-refractivity contribution in [2.24, 2.45) is 11.8 Å². The molecule has 5 nitrogen and oxygen atoms in total. The molecule has 2 fully saturated rings. The number of nitrogens with zero attached hydrogens (tertiary/aromatic N) is 2. The standard InChI is InChI=1S/C17H23ClN2O3/c18-15-4-1-7-19-16(15)23-12-13-3-2-8-20(11-13)17(21)14-5-9-22-10-6-14/h1,4,7,13-14H,2-3,5-6,8-12H2. The molecular formula is C17H23ClN2O3. The molecule has 126 valence electrons. The Hall–Kier alpha value is -1.33. The number of pyridine rings is 1. The van der Waals surface area contributed by atoms with Crippen LogP contribution in [0.15, 0.2) is 18.3 Å². The second kappa shape index (κ2) is 7.97. The van der Waals surface area contributed by atoms with E-state index in [0.29, 0.717) is 36.6 Å². The van der Waals surface area contributed by atoms with Gasteiger partial charge in [-0.25, -0.2) is 4.98 Å². The third-order valence-electron chi connectivity index (χ3n) is 4.58. The first kappa shape index (κ1) is 16.5. The molecule has 6 heteroatoms. The fourth-order valence-electron chi connectivity index (χ4n) is 3.28. The number of ether oxygens (including phenoxy) is 2. The minimum Gasteiger partial charge on any atom is -0.476 e. The Morgan fingerprint density at radius 2 is 2.22 bits per heavy atom. The second-order valence-electron chi connectivity index (χ2n) is 6.28. The van der Waals surface area contributed by atoms with Crippen LogP contribution in [-0.4, -0.2) is 48.7 Å².